The van der Waals surface area contributed by atoms with Crippen molar-refractivity contribution in [3.8, 4) is 10.6 Å². The van der Waals surface area contributed by atoms with Gasteiger partial charge in [0.2, 0.25) is 5.95 Å². The van der Waals surface area contributed by atoms with E-state index in [-0.39, 0.29) is 21.7 Å². The van der Waals surface area contributed by atoms with E-state index in [0.29, 0.717) is 16.3 Å². The fourth-order valence-electron chi connectivity index (χ4n) is 2.03. The van der Waals surface area contributed by atoms with Crippen LogP contribution in [0.4, 0.5) is 17.5 Å². The van der Waals surface area contributed by atoms with Crippen molar-refractivity contribution in [2.75, 3.05) is 17.3 Å². The summed E-state index contributed by atoms with van der Waals surface area (Å²) in [7, 11) is -3.39. The van der Waals surface area contributed by atoms with Gasteiger partial charge in [-0.1, -0.05) is 22.9 Å². The van der Waals surface area contributed by atoms with Crippen molar-refractivity contribution < 1.29 is 8.42 Å². The van der Waals surface area contributed by atoms with Crippen LogP contribution in [0.15, 0.2) is 29.3 Å². The van der Waals surface area contributed by atoms with Crippen molar-refractivity contribution >= 4 is 50.2 Å². The topological polar surface area (TPSA) is 124 Å². The molecule has 0 radical (unpaired) electrons. The molecule has 25 heavy (non-hydrogen) atoms. The molecule has 0 atom stereocenters. The second kappa shape index (κ2) is 6.54. The molecule has 2 aromatic heterocycles. The molecule has 0 aliphatic heterocycles. The third-order valence-corrected chi connectivity index (χ3v) is 5.61. The molecule has 0 aliphatic carbocycles. The van der Waals surface area contributed by atoms with Crippen LogP contribution < -0.4 is 11.1 Å². The number of rotatable bonds is 4. The Kier molecular flexibility index (Phi) is 4.58. The molecule has 3 N–H and O–H groups in total. The number of nitrogen functional groups attached to an aromatic ring is 1. The zero-order valence-corrected chi connectivity index (χ0v) is 15.6. The highest BCUT2D eigenvalue weighted by atomic mass is 35.5. The molecule has 3 aromatic rings. The number of sulfone groups is 1. The molecule has 3 rings (SSSR count). The van der Waals surface area contributed by atoms with Crippen LogP contribution in [0.5, 0.6) is 0 Å². The van der Waals surface area contributed by atoms with E-state index >= 15 is 0 Å². The maximum Gasteiger partial charge on any atom is 0.229 e. The fourth-order valence-corrected chi connectivity index (χ4v) is 4.07. The number of hydrogen-bond donors (Lipinski definition) is 2. The molecule has 0 aliphatic rings. The summed E-state index contributed by atoms with van der Waals surface area (Å²) in [6.07, 6.45) is 2.65. The lowest BCUT2D eigenvalue weighted by atomic mass is 10.3. The molecule has 2 heterocycles. The standard InChI is InChI=1S/C14H13ClN6O2S2/c1-7-20-21-13(24-7)9-6-17-14(19-12(9)16)18-8-3-4-11(10(15)5-8)25(2,22)23/h3-6H,1-2H3,(H3,16,17,18,19). The third kappa shape index (κ3) is 3.86. The summed E-state index contributed by atoms with van der Waals surface area (Å²) in [6.45, 7) is 1.85. The van der Waals surface area contributed by atoms with Gasteiger partial charge in [-0.15, -0.1) is 10.2 Å². The Balaban J connectivity index is 1.87. The summed E-state index contributed by atoms with van der Waals surface area (Å²) in [4.78, 5) is 8.44. The van der Waals surface area contributed by atoms with Crippen molar-refractivity contribution in [2.45, 2.75) is 11.8 Å². The Hall–Kier alpha value is -2.30. The van der Waals surface area contributed by atoms with Gasteiger partial charge in [-0.2, -0.15) is 4.98 Å². The van der Waals surface area contributed by atoms with Crippen LogP contribution in [0.1, 0.15) is 5.01 Å². The van der Waals surface area contributed by atoms with Gasteiger partial charge in [0, 0.05) is 18.1 Å². The molecule has 8 nitrogen and oxygen atoms in total. The highest BCUT2D eigenvalue weighted by Crippen LogP contribution is 2.29. The maximum atomic E-state index is 11.6. The number of anilines is 3. The Morgan fingerprint density at radius 3 is 2.60 bits per heavy atom. The van der Waals surface area contributed by atoms with Crippen LogP contribution in [0.25, 0.3) is 10.6 Å². The number of benzene rings is 1. The molecule has 0 unspecified atom stereocenters. The van der Waals surface area contributed by atoms with Gasteiger partial charge in [0.05, 0.1) is 15.5 Å². The molecule has 0 saturated carbocycles. The number of halogens is 1. The van der Waals surface area contributed by atoms with Crippen molar-refractivity contribution in [1.29, 1.82) is 0 Å². The highest BCUT2D eigenvalue weighted by Gasteiger charge is 2.14. The minimum absolute atomic E-state index is 0.0575. The number of nitrogens with zero attached hydrogens (tertiary/aromatic N) is 4. The van der Waals surface area contributed by atoms with Crippen molar-refractivity contribution in [2.24, 2.45) is 0 Å². The number of aryl methyl sites for hydroxylation is 1. The number of aromatic nitrogens is 4. The minimum Gasteiger partial charge on any atom is -0.383 e. The molecule has 0 fully saturated rings. The zero-order valence-electron chi connectivity index (χ0n) is 13.2. The third-order valence-electron chi connectivity index (χ3n) is 3.16. The van der Waals surface area contributed by atoms with Gasteiger partial charge < -0.3 is 11.1 Å². The Morgan fingerprint density at radius 2 is 2.04 bits per heavy atom. The van der Waals surface area contributed by atoms with E-state index in [2.05, 4.69) is 25.5 Å². The molecular formula is C14H13ClN6O2S2. The average molecular weight is 397 g/mol. The van der Waals surface area contributed by atoms with Crippen LogP contribution in [-0.2, 0) is 9.84 Å². The van der Waals surface area contributed by atoms with E-state index in [0.717, 1.165) is 11.3 Å². The number of hydrogen-bond acceptors (Lipinski definition) is 9. The average Bonchev–Trinajstić information content (AvgIpc) is 2.92. The Bertz CT molecular complexity index is 1050. The van der Waals surface area contributed by atoms with Gasteiger partial charge in [-0.3, -0.25) is 0 Å². The smallest absolute Gasteiger partial charge is 0.229 e. The summed E-state index contributed by atoms with van der Waals surface area (Å²) in [5.41, 5.74) is 7.11. The van der Waals surface area contributed by atoms with Crippen LogP contribution >= 0.6 is 22.9 Å². The summed E-state index contributed by atoms with van der Waals surface area (Å²) >= 11 is 7.41. The predicted octanol–water partition coefficient (Wildman–Crippen LogP) is 2.69. The first-order valence-corrected chi connectivity index (χ1v) is 10.0. The van der Waals surface area contributed by atoms with Crippen molar-refractivity contribution in [3.63, 3.8) is 0 Å². The SMILES string of the molecule is Cc1nnc(-c2cnc(Nc3ccc(S(C)(=O)=O)c(Cl)c3)nc2N)s1. The predicted molar refractivity (Wildman–Crippen MR) is 97.9 cm³/mol. The first-order chi connectivity index (χ1) is 11.7. The lowest BCUT2D eigenvalue weighted by Crippen LogP contribution is -2.03. The Morgan fingerprint density at radius 1 is 1.28 bits per heavy atom. The number of nitrogens with two attached hydrogens (primary N) is 1. The molecular weight excluding hydrogens is 384 g/mol. The fraction of sp³-hybridized carbons (Fsp3) is 0.143. The quantitative estimate of drug-likeness (QED) is 0.689. The lowest BCUT2D eigenvalue weighted by Gasteiger charge is -2.09. The second-order valence-corrected chi connectivity index (χ2v) is 8.73. The molecule has 0 bridgehead atoms. The van der Waals surface area contributed by atoms with E-state index in [1.54, 1.807) is 12.3 Å². The number of nitrogens with one attached hydrogen (secondary N) is 1. The minimum atomic E-state index is -3.39. The molecule has 11 heteroatoms. The van der Waals surface area contributed by atoms with Crippen LogP contribution in [0.2, 0.25) is 5.02 Å². The molecule has 0 saturated heterocycles. The Labute approximate surface area is 153 Å². The zero-order chi connectivity index (χ0) is 18.2. The normalized spacial score (nSPS) is 11.5. The van der Waals surface area contributed by atoms with Crippen molar-refractivity contribution in [3.05, 3.63) is 34.4 Å². The van der Waals surface area contributed by atoms with Gasteiger partial charge >= 0.3 is 0 Å². The van der Waals surface area contributed by atoms with E-state index in [1.165, 1.54) is 23.5 Å². The summed E-state index contributed by atoms with van der Waals surface area (Å²) in [5.74, 6) is 0.512. The summed E-state index contributed by atoms with van der Waals surface area (Å²) in [6, 6.07) is 4.48. The van der Waals surface area contributed by atoms with E-state index < -0.39 is 9.84 Å². The van der Waals surface area contributed by atoms with E-state index in [9.17, 15) is 8.42 Å². The van der Waals surface area contributed by atoms with Gasteiger partial charge in [-0.25, -0.2) is 13.4 Å². The molecule has 1 aromatic carbocycles. The van der Waals surface area contributed by atoms with Gasteiger partial charge in [-0.05, 0) is 25.1 Å². The van der Waals surface area contributed by atoms with E-state index in [4.69, 9.17) is 17.3 Å². The monoisotopic (exact) mass is 396 g/mol. The van der Waals surface area contributed by atoms with Crippen LogP contribution in [-0.4, -0.2) is 34.8 Å². The van der Waals surface area contributed by atoms with Gasteiger partial charge in [0.1, 0.15) is 10.8 Å². The summed E-state index contributed by atoms with van der Waals surface area (Å²) in [5, 5.41) is 12.5. The summed E-state index contributed by atoms with van der Waals surface area (Å²) < 4.78 is 23.2. The van der Waals surface area contributed by atoms with Gasteiger partial charge in [0.15, 0.2) is 14.8 Å². The highest BCUT2D eigenvalue weighted by molar-refractivity contribution is 7.90. The first-order valence-electron chi connectivity index (χ1n) is 6.93. The second-order valence-electron chi connectivity index (χ2n) is 5.16. The maximum absolute atomic E-state index is 11.6. The van der Waals surface area contributed by atoms with Crippen molar-refractivity contribution in [1.82, 2.24) is 20.2 Å². The molecule has 0 amide bonds. The van der Waals surface area contributed by atoms with E-state index in [1.807, 2.05) is 6.92 Å². The van der Waals surface area contributed by atoms with Gasteiger partial charge in [0.25, 0.3) is 0 Å². The van der Waals surface area contributed by atoms with Crippen LogP contribution in [0, 0.1) is 6.92 Å². The largest absolute Gasteiger partial charge is 0.383 e. The first kappa shape index (κ1) is 17.5. The van der Waals surface area contributed by atoms with Crippen LogP contribution in [0.3, 0.4) is 0 Å². The molecule has 0 spiro atoms. The lowest BCUT2D eigenvalue weighted by molar-refractivity contribution is 0.602. The molecule has 130 valence electrons.